The molecule has 0 fully saturated rings. The van der Waals surface area contributed by atoms with E-state index >= 15 is 4.39 Å². The Morgan fingerprint density at radius 2 is 1.64 bits per heavy atom. The number of nitrogens with one attached hydrogen (secondary N) is 1. The van der Waals surface area contributed by atoms with Crippen molar-refractivity contribution in [2.45, 2.75) is 46.4 Å². The number of amides is 1. The molecule has 45 heavy (non-hydrogen) atoms. The van der Waals surface area contributed by atoms with Crippen LogP contribution in [0, 0.1) is 11.2 Å². The van der Waals surface area contributed by atoms with Gasteiger partial charge in [0.15, 0.2) is 0 Å². The van der Waals surface area contributed by atoms with E-state index in [0.717, 1.165) is 17.7 Å². The molecule has 0 aliphatic rings. The van der Waals surface area contributed by atoms with Crippen molar-refractivity contribution in [3.05, 3.63) is 107 Å². The molecule has 2 N–H and O–H groups in total. The van der Waals surface area contributed by atoms with Crippen LogP contribution in [0.5, 0.6) is 11.6 Å². The molecule has 0 spiro atoms. The Labute approximate surface area is 257 Å². The summed E-state index contributed by atoms with van der Waals surface area (Å²) in [7, 11) is 0. The third-order valence-electron chi connectivity index (χ3n) is 7.00. The van der Waals surface area contributed by atoms with Crippen molar-refractivity contribution >= 4 is 17.6 Å². The van der Waals surface area contributed by atoms with Crippen LogP contribution < -0.4 is 14.8 Å². The molecular weight excluding hydrogens is 592 g/mol. The van der Waals surface area contributed by atoms with Crippen LogP contribution in [0.1, 0.15) is 43.0 Å². The molecule has 0 aliphatic heterocycles. The smallest absolute Gasteiger partial charge is 0.416 e. The molecule has 0 saturated carbocycles. The lowest BCUT2D eigenvalue weighted by molar-refractivity contribution is -0.148. The maximum absolute atomic E-state index is 15.2. The molecule has 0 radical (unpaired) electrons. The van der Waals surface area contributed by atoms with E-state index in [2.05, 4.69) is 10.3 Å². The van der Waals surface area contributed by atoms with Gasteiger partial charge < -0.3 is 19.9 Å². The Balaban J connectivity index is 1.48. The van der Waals surface area contributed by atoms with Crippen molar-refractivity contribution in [2.24, 2.45) is 5.41 Å². The van der Waals surface area contributed by atoms with E-state index in [4.69, 9.17) is 9.47 Å². The van der Waals surface area contributed by atoms with Crippen LogP contribution in [0.3, 0.4) is 0 Å². The highest BCUT2D eigenvalue weighted by molar-refractivity contribution is 5.92. The molecule has 3 aromatic carbocycles. The van der Waals surface area contributed by atoms with Gasteiger partial charge in [-0.25, -0.2) is 9.37 Å². The number of anilines is 1. The molecule has 0 saturated heterocycles. The average Bonchev–Trinajstić information content (AvgIpc) is 2.98. The van der Waals surface area contributed by atoms with Gasteiger partial charge >= 0.3 is 12.1 Å². The van der Waals surface area contributed by atoms with E-state index in [1.165, 1.54) is 38.2 Å². The Morgan fingerprint density at radius 3 is 2.29 bits per heavy atom. The summed E-state index contributed by atoms with van der Waals surface area (Å²) in [4.78, 5) is 28.5. The van der Waals surface area contributed by atoms with E-state index in [9.17, 15) is 27.9 Å². The van der Waals surface area contributed by atoms with Crippen molar-refractivity contribution in [3.8, 4) is 22.8 Å². The molecule has 4 aromatic rings. The van der Waals surface area contributed by atoms with E-state index in [1.807, 2.05) is 30.3 Å². The van der Waals surface area contributed by atoms with E-state index in [0.29, 0.717) is 36.0 Å². The Kier molecular flexibility index (Phi) is 10.1. The van der Waals surface area contributed by atoms with Gasteiger partial charge in [-0.15, -0.1) is 0 Å². The first-order chi connectivity index (χ1) is 21.3. The number of carbonyl (C=O) groups is 2. The third kappa shape index (κ3) is 8.59. The second-order valence-corrected chi connectivity index (χ2v) is 11.0. The van der Waals surface area contributed by atoms with Crippen molar-refractivity contribution < 1.29 is 41.7 Å². The summed E-state index contributed by atoms with van der Waals surface area (Å²) in [6, 6.07) is 18.5. The van der Waals surface area contributed by atoms with Gasteiger partial charge in [0.2, 0.25) is 11.8 Å². The number of hydrogen-bond donors (Lipinski definition) is 2. The fourth-order valence-corrected chi connectivity index (χ4v) is 4.58. The molecule has 1 aromatic heterocycles. The molecule has 1 amide bonds. The average molecular weight is 625 g/mol. The largest absolute Gasteiger partial charge is 0.493 e. The first kappa shape index (κ1) is 33.0. The highest BCUT2D eigenvalue weighted by Crippen LogP contribution is 2.37. The molecule has 0 atom stereocenters. The molecule has 0 bridgehead atoms. The summed E-state index contributed by atoms with van der Waals surface area (Å²) in [5.41, 5.74) is -0.926. The van der Waals surface area contributed by atoms with Crippen LogP contribution in [-0.2, 0) is 35.2 Å². The lowest BCUT2D eigenvalue weighted by Gasteiger charge is -2.22. The number of rotatable bonds is 12. The second kappa shape index (κ2) is 13.8. The molecule has 0 aliphatic carbocycles. The van der Waals surface area contributed by atoms with E-state index < -0.39 is 41.3 Å². The Bertz CT molecular complexity index is 1670. The van der Waals surface area contributed by atoms with Crippen LogP contribution in [0.15, 0.2) is 79.0 Å². The Morgan fingerprint density at radius 1 is 0.933 bits per heavy atom. The minimum Gasteiger partial charge on any atom is -0.493 e. The molecule has 1 heterocycles. The van der Waals surface area contributed by atoms with Gasteiger partial charge in [-0.1, -0.05) is 48.5 Å². The maximum Gasteiger partial charge on any atom is 0.416 e. The molecule has 7 nitrogen and oxygen atoms in total. The number of alkyl halides is 3. The lowest BCUT2D eigenvalue weighted by Crippen LogP contribution is -2.27. The zero-order valence-corrected chi connectivity index (χ0v) is 24.9. The fraction of sp³-hybridized carbons (Fsp3) is 0.265. The predicted octanol–water partition coefficient (Wildman–Crippen LogP) is 7.72. The quantitative estimate of drug-likeness (QED) is 0.157. The molecule has 4 rings (SSSR count). The van der Waals surface area contributed by atoms with Gasteiger partial charge in [0.05, 0.1) is 24.0 Å². The van der Waals surface area contributed by atoms with Gasteiger partial charge in [-0.3, -0.25) is 9.59 Å². The molecule has 0 unspecified atom stereocenters. The van der Waals surface area contributed by atoms with Crippen LogP contribution in [-0.4, -0.2) is 28.6 Å². The number of hydrogen-bond acceptors (Lipinski definition) is 5. The number of nitrogens with zero attached hydrogens (tertiary/aromatic N) is 1. The lowest BCUT2D eigenvalue weighted by atomic mass is 9.84. The van der Waals surface area contributed by atoms with Gasteiger partial charge in [-0.05, 0) is 67.6 Å². The second-order valence-electron chi connectivity index (χ2n) is 11.0. The summed E-state index contributed by atoms with van der Waals surface area (Å²) in [6.07, 6.45) is -4.09. The van der Waals surface area contributed by atoms with Gasteiger partial charge in [0.1, 0.15) is 18.2 Å². The minimum absolute atomic E-state index is 0.0286. The van der Waals surface area contributed by atoms with Crippen LogP contribution in [0.2, 0.25) is 0 Å². The number of aromatic nitrogens is 1. The normalized spacial score (nSPS) is 11.6. The summed E-state index contributed by atoms with van der Waals surface area (Å²) >= 11 is 0. The van der Waals surface area contributed by atoms with Crippen molar-refractivity contribution in [3.63, 3.8) is 0 Å². The first-order valence-corrected chi connectivity index (χ1v) is 14.1. The third-order valence-corrected chi connectivity index (χ3v) is 7.00. The maximum atomic E-state index is 15.2. The molecule has 236 valence electrons. The fourth-order valence-electron chi connectivity index (χ4n) is 4.58. The first-order valence-electron chi connectivity index (χ1n) is 14.1. The Hall–Kier alpha value is -4.93. The zero-order chi connectivity index (χ0) is 32.8. The predicted molar refractivity (Wildman–Crippen MR) is 160 cm³/mol. The molecule has 11 heteroatoms. The highest BCUT2D eigenvalue weighted by atomic mass is 19.4. The number of ether oxygens (including phenoxy) is 2. The highest BCUT2D eigenvalue weighted by Gasteiger charge is 2.37. The van der Waals surface area contributed by atoms with Gasteiger partial charge in [0, 0.05) is 23.5 Å². The van der Waals surface area contributed by atoms with Crippen molar-refractivity contribution in [1.29, 1.82) is 0 Å². The number of benzene rings is 3. The standard InChI is InChI=1S/C34H32F4N2O5/c1-4-44-29-17-31(45-20-21-8-6-5-7-9-21)39-19-26(29)22-10-11-23(28(35)14-22)15-30(41)40-25-13-12-24(18-33(2,3)32(42)43)27(16-25)34(36,37)38/h5-14,16-17,19H,4,15,18,20H2,1-3H3,(H,40,41)(H,42,43). The molecular formula is C34H32F4N2O5. The van der Waals surface area contributed by atoms with Crippen LogP contribution in [0.4, 0.5) is 23.2 Å². The monoisotopic (exact) mass is 624 g/mol. The SMILES string of the molecule is CCOc1cc(OCc2ccccc2)ncc1-c1ccc(CC(=O)Nc2ccc(CC(C)(C)C(=O)O)c(C(F)(F)F)c2)c(F)c1. The number of halogens is 4. The van der Waals surface area contributed by atoms with Gasteiger partial charge in [0.25, 0.3) is 0 Å². The number of carboxylic acid groups (broad SMARTS) is 1. The summed E-state index contributed by atoms with van der Waals surface area (Å²) in [5, 5.41) is 11.7. The number of carbonyl (C=O) groups excluding carboxylic acids is 1. The van der Waals surface area contributed by atoms with Crippen molar-refractivity contribution in [2.75, 3.05) is 11.9 Å². The number of pyridine rings is 1. The zero-order valence-electron chi connectivity index (χ0n) is 24.9. The topological polar surface area (TPSA) is 97.8 Å². The summed E-state index contributed by atoms with van der Waals surface area (Å²) in [5.74, 6) is -1.92. The minimum atomic E-state index is -4.78. The summed E-state index contributed by atoms with van der Waals surface area (Å²) in [6.45, 7) is 5.10. The number of aliphatic carboxylic acids is 1. The number of carboxylic acids is 1. The van der Waals surface area contributed by atoms with Gasteiger partial charge in [-0.2, -0.15) is 13.2 Å². The van der Waals surface area contributed by atoms with E-state index in [1.54, 1.807) is 19.1 Å². The van der Waals surface area contributed by atoms with Crippen LogP contribution >= 0.6 is 0 Å². The van der Waals surface area contributed by atoms with E-state index in [-0.39, 0.29) is 23.2 Å². The van der Waals surface area contributed by atoms with Crippen molar-refractivity contribution in [1.82, 2.24) is 4.98 Å². The summed E-state index contributed by atoms with van der Waals surface area (Å²) < 4.78 is 68.1. The van der Waals surface area contributed by atoms with Crippen LogP contribution in [0.25, 0.3) is 11.1 Å².